The lowest BCUT2D eigenvalue weighted by Crippen LogP contribution is -2.52. The predicted octanol–water partition coefficient (Wildman–Crippen LogP) is 1.60. The molecule has 0 radical (unpaired) electrons. The molecule has 1 aliphatic heterocycles. The van der Waals surface area contributed by atoms with Gasteiger partial charge in [0.05, 0.1) is 0 Å². The Morgan fingerprint density at radius 2 is 1.94 bits per heavy atom. The summed E-state index contributed by atoms with van der Waals surface area (Å²) in [5.41, 5.74) is 0.558. The van der Waals surface area contributed by atoms with E-state index in [4.69, 9.17) is 0 Å². The molecule has 0 aliphatic carbocycles. The van der Waals surface area contributed by atoms with Crippen molar-refractivity contribution in [2.45, 2.75) is 13.0 Å². The van der Waals surface area contributed by atoms with Gasteiger partial charge >= 0.3 is 0 Å². The van der Waals surface area contributed by atoms with Crippen LogP contribution in [0.4, 0.5) is 4.39 Å². The molecule has 1 heterocycles. The van der Waals surface area contributed by atoms with Gasteiger partial charge in [0.25, 0.3) is 5.91 Å². The van der Waals surface area contributed by atoms with Crippen LogP contribution in [0.25, 0.3) is 0 Å². The second-order valence-electron chi connectivity index (χ2n) is 4.59. The molecule has 92 valence electrons. The molecule has 1 aromatic rings. The summed E-state index contributed by atoms with van der Waals surface area (Å²) in [5, 5.41) is 0. The SMILES string of the molecule is CC1CN(C(=O)c2ccc(F)cc2)CCN1C. The number of amides is 1. The van der Waals surface area contributed by atoms with E-state index in [0.717, 1.165) is 19.6 Å². The molecule has 4 heteroatoms. The fourth-order valence-corrected chi connectivity index (χ4v) is 2.01. The third-order valence-electron chi connectivity index (χ3n) is 3.34. The Morgan fingerprint density at radius 1 is 1.29 bits per heavy atom. The zero-order valence-corrected chi connectivity index (χ0v) is 10.2. The molecule has 0 bridgehead atoms. The number of halogens is 1. The molecule has 1 unspecified atom stereocenters. The Balaban J connectivity index is 2.08. The normalized spacial score (nSPS) is 21.6. The van der Waals surface area contributed by atoms with E-state index in [0.29, 0.717) is 11.6 Å². The van der Waals surface area contributed by atoms with Crippen molar-refractivity contribution in [1.29, 1.82) is 0 Å². The summed E-state index contributed by atoms with van der Waals surface area (Å²) in [6, 6.07) is 6.11. The number of carbonyl (C=O) groups excluding carboxylic acids is 1. The molecular formula is C13H17FN2O. The number of carbonyl (C=O) groups is 1. The van der Waals surface area contributed by atoms with Crippen molar-refractivity contribution >= 4 is 5.91 Å². The van der Waals surface area contributed by atoms with Crippen molar-refractivity contribution in [3.05, 3.63) is 35.6 Å². The minimum Gasteiger partial charge on any atom is -0.336 e. The minimum atomic E-state index is -0.312. The van der Waals surface area contributed by atoms with Gasteiger partial charge < -0.3 is 9.80 Å². The highest BCUT2D eigenvalue weighted by Gasteiger charge is 2.24. The zero-order valence-electron chi connectivity index (χ0n) is 10.2. The lowest BCUT2D eigenvalue weighted by Gasteiger charge is -2.37. The molecule has 0 N–H and O–H groups in total. The van der Waals surface area contributed by atoms with Gasteiger partial charge in [-0.1, -0.05) is 0 Å². The topological polar surface area (TPSA) is 23.6 Å². The first-order valence-electron chi connectivity index (χ1n) is 5.83. The number of hydrogen-bond donors (Lipinski definition) is 0. The molecule has 3 nitrogen and oxygen atoms in total. The molecule has 17 heavy (non-hydrogen) atoms. The third-order valence-corrected chi connectivity index (χ3v) is 3.34. The van der Waals surface area contributed by atoms with Crippen LogP contribution in [0.2, 0.25) is 0 Å². The smallest absolute Gasteiger partial charge is 0.253 e. The van der Waals surface area contributed by atoms with Gasteiger partial charge in [-0.15, -0.1) is 0 Å². The summed E-state index contributed by atoms with van der Waals surface area (Å²) < 4.78 is 12.8. The van der Waals surface area contributed by atoms with E-state index in [-0.39, 0.29) is 11.7 Å². The summed E-state index contributed by atoms with van der Waals surface area (Å²) in [7, 11) is 2.06. The Labute approximate surface area is 101 Å². The fourth-order valence-electron chi connectivity index (χ4n) is 2.01. The summed E-state index contributed by atoms with van der Waals surface area (Å²) >= 11 is 0. The van der Waals surface area contributed by atoms with Crippen molar-refractivity contribution in [3.8, 4) is 0 Å². The molecule has 0 aromatic heterocycles. The number of nitrogens with zero attached hydrogens (tertiary/aromatic N) is 2. The average molecular weight is 236 g/mol. The molecule has 1 aromatic carbocycles. The van der Waals surface area contributed by atoms with Gasteiger partial charge in [-0.3, -0.25) is 4.79 Å². The van der Waals surface area contributed by atoms with E-state index >= 15 is 0 Å². The average Bonchev–Trinajstić information content (AvgIpc) is 2.33. The first kappa shape index (κ1) is 12.0. The summed E-state index contributed by atoms with van der Waals surface area (Å²) in [4.78, 5) is 16.2. The number of piperazine rings is 1. The molecule has 1 atom stereocenters. The fraction of sp³-hybridized carbons (Fsp3) is 0.462. The largest absolute Gasteiger partial charge is 0.336 e. The van der Waals surface area contributed by atoms with E-state index in [9.17, 15) is 9.18 Å². The van der Waals surface area contributed by atoms with Gasteiger partial charge in [0.15, 0.2) is 0 Å². The number of likely N-dealkylation sites (N-methyl/N-ethyl adjacent to an activating group) is 1. The number of rotatable bonds is 1. The zero-order chi connectivity index (χ0) is 12.4. The predicted molar refractivity (Wildman–Crippen MR) is 64.4 cm³/mol. The molecular weight excluding hydrogens is 219 g/mol. The maximum Gasteiger partial charge on any atom is 0.253 e. The van der Waals surface area contributed by atoms with Crippen LogP contribution in [-0.2, 0) is 0 Å². The van der Waals surface area contributed by atoms with Gasteiger partial charge in [-0.2, -0.15) is 0 Å². The number of hydrogen-bond acceptors (Lipinski definition) is 2. The van der Waals surface area contributed by atoms with E-state index in [2.05, 4.69) is 18.9 Å². The van der Waals surface area contributed by atoms with Gasteiger partial charge in [-0.05, 0) is 38.2 Å². The van der Waals surface area contributed by atoms with Crippen LogP contribution in [0.3, 0.4) is 0 Å². The van der Waals surface area contributed by atoms with Crippen LogP contribution < -0.4 is 0 Å². The summed E-state index contributed by atoms with van der Waals surface area (Å²) in [5.74, 6) is -0.321. The molecule has 1 amide bonds. The Bertz CT molecular complexity index is 404. The maximum atomic E-state index is 12.8. The van der Waals surface area contributed by atoms with Crippen LogP contribution in [0.5, 0.6) is 0 Å². The highest BCUT2D eigenvalue weighted by Crippen LogP contribution is 2.12. The molecule has 1 saturated heterocycles. The van der Waals surface area contributed by atoms with E-state index in [1.807, 2.05) is 4.90 Å². The second-order valence-corrected chi connectivity index (χ2v) is 4.59. The van der Waals surface area contributed by atoms with Crippen molar-refractivity contribution < 1.29 is 9.18 Å². The molecule has 0 spiro atoms. The molecule has 0 saturated carbocycles. The third kappa shape index (κ3) is 2.64. The first-order valence-corrected chi connectivity index (χ1v) is 5.83. The van der Waals surface area contributed by atoms with Crippen LogP contribution in [0.15, 0.2) is 24.3 Å². The standard InChI is InChI=1S/C13H17FN2O/c1-10-9-16(8-7-15(10)2)13(17)11-3-5-12(14)6-4-11/h3-6,10H,7-9H2,1-2H3. The minimum absolute atomic E-state index is 0.00931. The Kier molecular flexibility index (Phi) is 3.43. The maximum absolute atomic E-state index is 12.8. The van der Waals surface area contributed by atoms with Crippen LogP contribution in [0, 0.1) is 5.82 Å². The number of benzene rings is 1. The van der Waals surface area contributed by atoms with Crippen LogP contribution in [0.1, 0.15) is 17.3 Å². The molecule has 1 aliphatic rings. The Hall–Kier alpha value is -1.42. The van der Waals surface area contributed by atoms with E-state index in [1.54, 1.807) is 12.1 Å². The quantitative estimate of drug-likeness (QED) is 0.739. The van der Waals surface area contributed by atoms with Crippen molar-refractivity contribution in [2.75, 3.05) is 26.7 Å². The van der Waals surface area contributed by atoms with Gasteiger partial charge in [0.1, 0.15) is 5.82 Å². The lowest BCUT2D eigenvalue weighted by molar-refractivity contribution is 0.0572. The van der Waals surface area contributed by atoms with Gasteiger partial charge in [0.2, 0.25) is 0 Å². The van der Waals surface area contributed by atoms with Crippen LogP contribution in [-0.4, -0.2) is 48.4 Å². The second kappa shape index (κ2) is 4.84. The van der Waals surface area contributed by atoms with E-state index < -0.39 is 0 Å². The lowest BCUT2D eigenvalue weighted by atomic mass is 10.1. The van der Waals surface area contributed by atoms with Crippen molar-refractivity contribution in [1.82, 2.24) is 9.80 Å². The van der Waals surface area contributed by atoms with Gasteiger partial charge in [-0.25, -0.2) is 4.39 Å². The Morgan fingerprint density at radius 3 is 2.53 bits per heavy atom. The highest BCUT2D eigenvalue weighted by atomic mass is 19.1. The van der Waals surface area contributed by atoms with Crippen molar-refractivity contribution in [3.63, 3.8) is 0 Å². The summed E-state index contributed by atoms with van der Waals surface area (Å²) in [6.07, 6.45) is 0. The monoisotopic (exact) mass is 236 g/mol. The highest BCUT2D eigenvalue weighted by molar-refractivity contribution is 5.94. The molecule has 1 fully saturated rings. The summed E-state index contributed by atoms with van der Waals surface area (Å²) in [6.45, 7) is 4.45. The van der Waals surface area contributed by atoms with Crippen molar-refractivity contribution in [2.24, 2.45) is 0 Å². The first-order chi connectivity index (χ1) is 8.08. The van der Waals surface area contributed by atoms with Gasteiger partial charge in [0, 0.05) is 31.2 Å². The molecule has 2 rings (SSSR count). The van der Waals surface area contributed by atoms with Crippen LogP contribution >= 0.6 is 0 Å². The van der Waals surface area contributed by atoms with E-state index in [1.165, 1.54) is 12.1 Å².